The third-order valence-corrected chi connectivity index (χ3v) is 4.69. The predicted octanol–water partition coefficient (Wildman–Crippen LogP) is 5.38. The van der Waals surface area contributed by atoms with Crippen LogP contribution in [0.5, 0.6) is 0 Å². The van der Waals surface area contributed by atoms with Crippen molar-refractivity contribution >= 4 is 57.8 Å². The number of nitrogens with zero attached hydrogens (tertiary/aromatic N) is 2. The van der Waals surface area contributed by atoms with Crippen molar-refractivity contribution in [3.05, 3.63) is 81.1 Å². The molecule has 8 heteroatoms. The van der Waals surface area contributed by atoms with Gasteiger partial charge in [0.25, 0.3) is 0 Å². The SMILES string of the molecule is S=C(NCc1ccc(Cl)cc1)Nc1cnn(Cc2ccc(Cl)cc2Cl)c1. The first-order valence-corrected chi connectivity index (χ1v) is 9.29. The number of rotatable bonds is 5. The Hall–Kier alpha value is -1.79. The quantitative estimate of drug-likeness (QED) is 0.539. The molecular formula is C18H15Cl3N4S. The van der Waals surface area contributed by atoms with E-state index in [1.165, 1.54) is 0 Å². The molecule has 4 nitrogen and oxygen atoms in total. The molecule has 26 heavy (non-hydrogen) atoms. The van der Waals surface area contributed by atoms with Crippen molar-refractivity contribution in [3.63, 3.8) is 0 Å². The van der Waals surface area contributed by atoms with E-state index in [0.717, 1.165) is 16.8 Å². The molecule has 3 aromatic rings. The zero-order valence-electron chi connectivity index (χ0n) is 13.5. The second kappa shape index (κ2) is 8.73. The van der Waals surface area contributed by atoms with Crippen molar-refractivity contribution in [1.82, 2.24) is 15.1 Å². The summed E-state index contributed by atoms with van der Waals surface area (Å²) in [5.74, 6) is 0. The van der Waals surface area contributed by atoms with Gasteiger partial charge in [-0.2, -0.15) is 5.10 Å². The number of hydrogen-bond donors (Lipinski definition) is 2. The Bertz CT molecular complexity index is 909. The van der Waals surface area contributed by atoms with Gasteiger partial charge in [0.15, 0.2) is 5.11 Å². The summed E-state index contributed by atoms with van der Waals surface area (Å²) in [6.45, 7) is 1.15. The molecule has 134 valence electrons. The number of thiocarbonyl (C=S) groups is 1. The molecule has 0 atom stereocenters. The van der Waals surface area contributed by atoms with Crippen molar-refractivity contribution in [2.45, 2.75) is 13.1 Å². The Labute approximate surface area is 172 Å². The second-order valence-corrected chi connectivity index (χ2v) is 7.28. The molecule has 0 radical (unpaired) electrons. The highest BCUT2D eigenvalue weighted by Crippen LogP contribution is 2.22. The maximum atomic E-state index is 6.20. The van der Waals surface area contributed by atoms with Crippen LogP contribution in [0.1, 0.15) is 11.1 Å². The van der Waals surface area contributed by atoms with Crippen LogP contribution in [0, 0.1) is 0 Å². The first-order valence-electron chi connectivity index (χ1n) is 7.75. The third-order valence-electron chi connectivity index (χ3n) is 3.60. The van der Waals surface area contributed by atoms with E-state index in [1.54, 1.807) is 23.0 Å². The summed E-state index contributed by atoms with van der Waals surface area (Å²) in [6, 6.07) is 13.0. The fourth-order valence-electron chi connectivity index (χ4n) is 2.30. The Kier molecular flexibility index (Phi) is 6.38. The number of nitrogens with one attached hydrogen (secondary N) is 2. The highest BCUT2D eigenvalue weighted by Gasteiger charge is 2.05. The summed E-state index contributed by atoms with van der Waals surface area (Å²) < 4.78 is 1.78. The molecular weight excluding hydrogens is 411 g/mol. The Morgan fingerprint density at radius 3 is 2.50 bits per heavy atom. The maximum absolute atomic E-state index is 6.20. The number of hydrogen-bond acceptors (Lipinski definition) is 2. The van der Waals surface area contributed by atoms with E-state index in [2.05, 4.69) is 15.7 Å². The van der Waals surface area contributed by atoms with Crippen LogP contribution in [0.2, 0.25) is 15.1 Å². The minimum atomic E-state index is 0.518. The van der Waals surface area contributed by atoms with Gasteiger partial charge in [0.05, 0.1) is 18.4 Å². The van der Waals surface area contributed by atoms with E-state index in [4.69, 9.17) is 47.0 Å². The smallest absolute Gasteiger partial charge is 0.171 e. The molecule has 0 saturated carbocycles. The standard InChI is InChI=1S/C18H15Cl3N4S/c19-14-4-1-12(2-5-14)8-22-18(26)24-16-9-23-25(11-16)10-13-3-6-15(20)7-17(13)21/h1-7,9,11H,8,10H2,(H2,22,24,26). The Morgan fingerprint density at radius 2 is 1.77 bits per heavy atom. The van der Waals surface area contributed by atoms with Gasteiger partial charge in [-0.25, -0.2) is 0 Å². The topological polar surface area (TPSA) is 41.9 Å². The number of anilines is 1. The zero-order valence-corrected chi connectivity index (χ0v) is 16.6. The van der Waals surface area contributed by atoms with Crippen LogP contribution in [-0.2, 0) is 13.1 Å². The van der Waals surface area contributed by atoms with Gasteiger partial charge in [0.2, 0.25) is 0 Å². The van der Waals surface area contributed by atoms with E-state index >= 15 is 0 Å². The lowest BCUT2D eigenvalue weighted by Gasteiger charge is -2.09. The molecule has 0 amide bonds. The van der Waals surface area contributed by atoms with Crippen LogP contribution in [0.15, 0.2) is 54.9 Å². The minimum Gasteiger partial charge on any atom is -0.358 e. The summed E-state index contributed by atoms with van der Waals surface area (Å²) in [6.07, 6.45) is 3.57. The van der Waals surface area contributed by atoms with Gasteiger partial charge in [0, 0.05) is 27.8 Å². The van der Waals surface area contributed by atoms with Gasteiger partial charge in [-0.3, -0.25) is 4.68 Å². The van der Waals surface area contributed by atoms with Crippen molar-refractivity contribution in [2.75, 3.05) is 5.32 Å². The molecule has 0 aliphatic carbocycles. The molecule has 0 unspecified atom stereocenters. The third kappa shape index (κ3) is 5.35. The second-order valence-electron chi connectivity index (χ2n) is 5.60. The predicted molar refractivity (Wildman–Crippen MR) is 112 cm³/mol. The van der Waals surface area contributed by atoms with Crippen LogP contribution < -0.4 is 10.6 Å². The Balaban J connectivity index is 1.54. The maximum Gasteiger partial charge on any atom is 0.171 e. The largest absolute Gasteiger partial charge is 0.358 e. The van der Waals surface area contributed by atoms with Gasteiger partial charge in [-0.1, -0.05) is 53.0 Å². The van der Waals surface area contributed by atoms with Gasteiger partial charge in [0.1, 0.15) is 0 Å². The molecule has 0 bridgehead atoms. The molecule has 2 N–H and O–H groups in total. The molecule has 0 fully saturated rings. The molecule has 1 aromatic heterocycles. The number of benzene rings is 2. The molecule has 1 heterocycles. The van der Waals surface area contributed by atoms with E-state index in [0.29, 0.717) is 33.3 Å². The minimum absolute atomic E-state index is 0.518. The Morgan fingerprint density at radius 1 is 1.04 bits per heavy atom. The summed E-state index contributed by atoms with van der Waals surface area (Å²) in [4.78, 5) is 0. The fraction of sp³-hybridized carbons (Fsp3) is 0.111. The van der Waals surface area contributed by atoms with Crippen molar-refractivity contribution in [1.29, 1.82) is 0 Å². The molecule has 2 aromatic carbocycles. The monoisotopic (exact) mass is 424 g/mol. The van der Waals surface area contributed by atoms with Gasteiger partial charge >= 0.3 is 0 Å². The average Bonchev–Trinajstić information content (AvgIpc) is 3.04. The first-order chi connectivity index (χ1) is 12.5. The van der Waals surface area contributed by atoms with Crippen LogP contribution in [0.4, 0.5) is 5.69 Å². The molecule has 3 rings (SSSR count). The number of halogens is 3. The van der Waals surface area contributed by atoms with Gasteiger partial charge in [-0.15, -0.1) is 0 Å². The highest BCUT2D eigenvalue weighted by molar-refractivity contribution is 7.80. The summed E-state index contributed by atoms with van der Waals surface area (Å²) in [7, 11) is 0. The van der Waals surface area contributed by atoms with Crippen LogP contribution in [0.3, 0.4) is 0 Å². The normalized spacial score (nSPS) is 10.6. The summed E-state index contributed by atoms with van der Waals surface area (Å²) in [5.41, 5.74) is 2.82. The molecule has 0 aliphatic heterocycles. The van der Waals surface area contributed by atoms with Crippen molar-refractivity contribution in [3.8, 4) is 0 Å². The molecule has 0 saturated heterocycles. The lowest BCUT2D eigenvalue weighted by Crippen LogP contribution is -2.27. The summed E-state index contributed by atoms with van der Waals surface area (Å²) in [5, 5.41) is 13.0. The van der Waals surface area contributed by atoms with E-state index in [9.17, 15) is 0 Å². The van der Waals surface area contributed by atoms with Gasteiger partial charge in [-0.05, 0) is 47.6 Å². The van der Waals surface area contributed by atoms with Crippen LogP contribution in [0.25, 0.3) is 0 Å². The fourth-order valence-corrected chi connectivity index (χ4v) is 3.08. The average molecular weight is 426 g/mol. The van der Waals surface area contributed by atoms with E-state index in [1.807, 2.05) is 36.5 Å². The van der Waals surface area contributed by atoms with Crippen molar-refractivity contribution < 1.29 is 0 Å². The van der Waals surface area contributed by atoms with E-state index < -0.39 is 0 Å². The number of aromatic nitrogens is 2. The zero-order chi connectivity index (χ0) is 18.5. The lowest BCUT2D eigenvalue weighted by molar-refractivity contribution is 0.687. The van der Waals surface area contributed by atoms with Crippen molar-refractivity contribution in [2.24, 2.45) is 0 Å². The van der Waals surface area contributed by atoms with E-state index in [-0.39, 0.29) is 0 Å². The van der Waals surface area contributed by atoms with Crippen LogP contribution >= 0.6 is 47.0 Å². The van der Waals surface area contributed by atoms with Gasteiger partial charge < -0.3 is 10.6 Å². The highest BCUT2D eigenvalue weighted by atomic mass is 35.5. The molecule has 0 spiro atoms. The van der Waals surface area contributed by atoms with Crippen LogP contribution in [-0.4, -0.2) is 14.9 Å². The molecule has 0 aliphatic rings. The summed E-state index contributed by atoms with van der Waals surface area (Å²) >= 11 is 23.3. The lowest BCUT2D eigenvalue weighted by atomic mass is 10.2. The first kappa shape index (κ1) is 19.0.